The van der Waals surface area contributed by atoms with Crippen LogP contribution in [0, 0.1) is 11.8 Å². The monoisotopic (exact) mass is 269 g/mol. The van der Waals surface area contributed by atoms with Crippen molar-refractivity contribution in [1.29, 1.82) is 0 Å². The van der Waals surface area contributed by atoms with Gasteiger partial charge in [0.15, 0.2) is 0 Å². The molecule has 1 N–H and O–H groups in total. The third-order valence-corrected chi connectivity index (χ3v) is 3.65. The predicted octanol–water partition coefficient (Wildman–Crippen LogP) is 2.79. The molecule has 1 aliphatic rings. The Bertz CT molecular complexity index is 321. The third-order valence-electron chi connectivity index (χ3n) is 3.18. The molecule has 0 saturated heterocycles. The largest absolute Gasteiger partial charge is 0.392 e. The fourth-order valence-electron chi connectivity index (χ4n) is 1.86. The summed E-state index contributed by atoms with van der Waals surface area (Å²) in [5.41, 5.74) is 0.971. The molecule has 2 nitrogen and oxygen atoms in total. The molecule has 3 heteroatoms. The lowest BCUT2D eigenvalue weighted by molar-refractivity contribution is 0.104. The van der Waals surface area contributed by atoms with Gasteiger partial charge in [-0.25, -0.2) is 0 Å². The molecule has 1 aromatic heterocycles. The van der Waals surface area contributed by atoms with Crippen LogP contribution in [-0.4, -0.2) is 16.2 Å². The van der Waals surface area contributed by atoms with Gasteiger partial charge in [-0.3, -0.25) is 4.98 Å². The number of hydrogen-bond donors (Lipinski definition) is 1. The van der Waals surface area contributed by atoms with E-state index in [1.807, 2.05) is 12.1 Å². The van der Waals surface area contributed by atoms with Crippen molar-refractivity contribution in [3.63, 3.8) is 0 Å². The lowest BCUT2D eigenvalue weighted by Crippen LogP contribution is -2.22. The molecule has 0 radical (unpaired) electrons. The van der Waals surface area contributed by atoms with Gasteiger partial charge in [0.1, 0.15) is 0 Å². The van der Waals surface area contributed by atoms with E-state index in [4.69, 9.17) is 0 Å². The van der Waals surface area contributed by atoms with Crippen molar-refractivity contribution >= 4 is 15.9 Å². The van der Waals surface area contributed by atoms with E-state index in [0.717, 1.165) is 16.1 Å². The minimum atomic E-state index is -0.244. The average molecular weight is 270 g/mol. The number of aromatic nitrogens is 1. The molecule has 0 spiro atoms. The van der Waals surface area contributed by atoms with E-state index in [2.05, 4.69) is 27.8 Å². The van der Waals surface area contributed by atoms with E-state index in [9.17, 15) is 5.11 Å². The first-order valence-corrected chi connectivity index (χ1v) is 6.24. The molecule has 2 rings (SSSR count). The van der Waals surface area contributed by atoms with E-state index in [0.29, 0.717) is 12.3 Å². The van der Waals surface area contributed by atoms with Crippen molar-refractivity contribution in [2.45, 2.75) is 32.3 Å². The topological polar surface area (TPSA) is 33.1 Å². The summed E-state index contributed by atoms with van der Waals surface area (Å²) >= 11 is 3.35. The van der Waals surface area contributed by atoms with Gasteiger partial charge in [0.05, 0.1) is 6.10 Å². The molecule has 1 heterocycles. The molecule has 15 heavy (non-hydrogen) atoms. The van der Waals surface area contributed by atoms with E-state index in [1.165, 1.54) is 12.8 Å². The summed E-state index contributed by atoms with van der Waals surface area (Å²) < 4.78 is 0.982. The van der Waals surface area contributed by atoms with Gasteiger partial charge >= 0.3 is 0 Å². The second kappa shape index (κ2) is 4.62. The Hall–Kier alpha value is -0.410. The maximum atomic E-state index is 10.00. The molecular weight excluding hydrogens is 254 g/mol. The van der Waals surface area contributed by atoms with Gasteiger partial charge in [-0.05, 0) is 52.7 Å². The normalized spacial score (nSPS) is 19.9. The summed E-state index contributed by atoms with van der Waals surface area (Å²) in [5, 5.41) is 10.00. The summed E-state index contributed by atoms with van der Waals surface area (Å²) in [6.45, 7) is 2.14. The van der Waals surface area contributed by atoms with Crippen molar-refractivity contribution in [2.75, 3.05) is 0 Å². The molecule has 0 aromatic carbocycles. The molecule has 1 aliphatic carbocycles. The van der Waals surface area contributed by atoms with E-state index in [-0.39, 0.29) is 6.10 Å². The van der Waals surface area contributed by atoms with Crippen LogP contribution in [0.5, 0.6) is 0 Å². The molecule has 1 fully saturated rings. The van der Waals surface area contributed by atoms with Crippen LogP contribution < -0.4 is 0 Å². The summed E-state index contributed by atoms with van der Waals surface area (Å²) in [4.78, 5) is 4.27. The Labute approximate surface area is 98.9 Å². The van der Waals surface area contributed by atoms with Crippen LogP contribution in [0.15, 0.2) is 22.8 Å². The Morgan fingerprint density at radius 2 is 2.27 bits per heavy atom. The Morgan fingerprint density at radius 3 is 2.80 bits per heavy atom. The highest BCUT2D eigenvalue weighted by molar-refractivity contribution is 9.10. The van der Waals surface area contributed by atoms with Crippen molar-refractivity contribution < 1.29 is 5.11 Å². The van der Waals surface area contributed by atoms with Gasteiger partial charge in [-0.15, -0.1) is 0 Å². The first kappa shape index (κ1) is 11.1. The molecule has 1 aromatic rings. The van der Waals surface area contributed by atoms with Gasteiger partial charge < -0.3 is 5.11 Å². The molecule has 82 valence electrons. The van der Waals surface area contributed by atoms with Gasteiger partial charge in [-0.2, -0.15) is 0 Å². The summed E-state index contributed by atoms with van der Waals surface area (Å²) in [6, 6.07) is 3.93. The number of pyridine rings is 1. The highest BCUT2D eigenvalue weighted by Crippen LogP contribution is 2.38. The van der Waals surface area contributed by atoms with E-state index in [1.54, 1.807) is 6.20 Å². The highest BCUT2D eigenvalue weighted by Gasteiger charge is 2.32. The number of aliphatic hydroxyl groups is 1. The van der Waals surface area contributed by atoms with Crippen molar-refractivity contribution in [3.8, 4) is 0 Å². The van der Waals surface area contributed by atoms with Crippen LogP contribution in [0.2, 0.25) is 0 Å². The molecule has 1 saturated carbocycles. The van der Waals surface area contributed by atoms with Crippen molar-refractivity contribution in [3.05, 3.63) is 28.5 Å². The fourth-order valence-corrected chi connectivity index (χ4v) is 2.10. The number of halogens is 1. The molecule has 0 bridgehead atoms. The molecule has 0 aliphatic heterocycles. The zero-order valence-corrected chi connectivity index (χ0v) is 10.4. The fraction of sp³-hybridized carbons (Fsp3) is 0.583. The molecule has 2 unspecified atom stereocenters. The van der Waals surface area contributed by atoms with Gasteiger partial charge in [0, 0.05) is 22.8 Å². The van der Waals surface area contributed by atoms with E-state index < -0.39 is 0 Å². The Kier molecular flexibility index (Phi) is 3.42. The van der Waals surface area contributed by atoms with Crippen LogP contribution >= 0.6 is 15.9 Å². The minimum Gasteiger partial charge on any atom is -0.392 e. The zero-order chi connectivity index (χ0) is 10.8. The summed E-state index contributed by atoms with van der Waals surface area (Å²) in [5.74, 6) is 1.16. The average Bonchev–Trinajstić information content (AvgIpc) is 3.04. The number of rotatable bonds is 4. The van der Waals surface area contributed by atoms with Crippen LogP contribution in [0.1, 0.15) is 25.5 Å². The second-order valence-corrected chi connectivity index (χ2v) is 5.35. The Morgan fingerprint density at radius 1 is 1.53 bits per heavy atom. The zero-order valence-electron chi connectivity index (χ0n) is 8.86. The lowest BCUT2D eigenvalue weighted by Gasteiger charge is -2.17. The quantitative estimate of drug-likeness (QED) is 0.912. The van der Waals surface area contributed by atoms with Gasteiger partial charge in [-0.1, -0.05) is 6.92 Å². The summed E-state index contributed by atoms with van der Waals surface area (Å²) in [6.07, 6.45) is 4.78. The molecular formula is C12H16BrNO. The smallest absolute Gasteiger partial charge is 0.0623 e. The van der Waals surface area contributed by atoms with Gasteiger partial charge in [0.25, 0.3) is 0 Å². The minimum absolute atomic E-state index is 0.244. The standard InChI is InChI=1S/C12H16BrNO/c1-8(9-2-3-9)12(15)6-11-5-4-10(13)7-14-11/h4-5,7-9,12,15H,2-3,6H2,1H3. The Balaban J connectivity index is 1.92. The number of hydrogen-bond acceptors (Lipinski definition) is 2. The van der Waals surface area contributed by atoms with Crippen LogP contribution in [0.4, 0.5) is 0 Å². The van der Waals surface area contributed by atoms with Crippen LogP contribution in [0.25, 0.3) is 0 Å². The second-order valence-electron chi connectivity index (χ2n) is 4.44. The summed E-state index contributed by atoms with van der Waals surface area (Å²) in [7, 11) is 0. The number of nitrogens with zero attached hydrogens (tertiary/aromatic N) is 1. The van der Waals surface area contributed by atoms with Crippen LogP contribution in [0.3, 0.4) is 0 Å². The van der Waals surface area contributed by atoms with Crippen LogP contribution in [-0.2, 0) is 6.42 Å². The molecule has 0 amide bonds. The third kappa shape index (κ3) is 3.02. The first-order valence-electron chi connectivity index (χ1n) is 5.45. The highest BCUT2D eigenvalue weighted by atomic mass is 79.9. The maximum Gasteiger partial charge on any atom is 0.0623 e. The number of aliphatic hydroxyl groups excluding tert-OH is 1. The maximum absolute atomic E-state index is 10.00. The molecule has 2 atom stereocenters. The lowest BCUT2D eigenvalue weighted by atomic mass is 9.95. The van der Waals surface area contributed by atoms with Gasteiger partial charge in [0.2, 0.25) is 0 Å². The van der Waals surface area contributed by atoms with Crippen molar-refractivity contribution in [1.82, 2.24) is 4.98 Å². The first-order chi connectivity index (χ1) is 7.16. The van der Waals surface area contributed by atoms with Crippen molar-refractivity contribution in [2.24, 2.45) is 11.8 Å². The predicted molar refractivity (Wildman–Crippen MR) is 63.5 cm³/mol. The SMILES string of the molecule is CC(C(O)Cc1ccc(Br)cn1)C1CC1. The van der Waals surface area contributed by atoms with E-state index >= 15 is 0 Å².